The van der Waals surface area contributed by atoms with Crippen molar-refractivity contribution in [2.75, 3.05) is 6.61 Å². The molecule has 0 spiro atoms. The standard InChI is InChI=1S/C18H27NO2/c1-3-5-11-16-15(12-14-9-7-6-8-10-14)13-17(19-16)18(20)21-4-2/h6-10,15-17,19H,3-5,11-13H2,1-2H3/t15-,16-,17+/m1/s1. The Morgan fingerprint density at radius 2 is 2.05 bits per heavy atom. The van der Waals surface area contributed by atoms with Crippen LogP contribution in [0.15, 0.2) is 30.3 Å². The molecule has 3 atom stereocenters. The second kappa shape index (κ2) is 8.18. The molecule has 0 aliphatic carbocycles. The van der Waals surface area contributed by atoms with Crippen molar-refractivity contribution in [3.63, 3.8) is 0 Å². The van der Waals surface area contributed by atoms with Crippen molar-refractivity contribution in [2.45, 2.75) is 58.0 Å². The van der Waals surface area contributed by atoms with Crippen LogP contribution < -0.4 is 5.32 Å². The van der Waals surface area contributed by atoms with E-state index in [4.69, 9.17) is 4.74 Å². The van der Waals surface area contributed by atoms with E-state index in [-0.39, 0.29) is 12.0 Å². The van der Waals surface area contributed by atoms with Crippen LogP contribution in [-0.4, -0.2) is 24.7 Å². The van der Waals surface area contributed by atoms with Crippen LogP contribution in [0.1, 0.15) is 45.1 Å². The van der Waals surface area contributed by atoms with Crippen molar-refractivity contribution >= 4 is 5.97 Å². The minimum Gasteiger partial charge on any atom is -0.465 e. The van der Waals surface area contributed by atoms with Gasteiger partial charge < -0.3 is 10.1 Å². The Labute approximate surface area is 128 Å². The fourth-order valence-corrected chi connectivity index (χ4v) is 3.22. The van der Waals surface area contributed by atoms with Gasteiger partial charge in [-0.05, 0) is 37.7 Å². The van der Waals surface area contributed by atoms with E-state index >= 15 is 0 Å². The van der Waals surface area contributed by atoms with E-state index in [0.29, 0.717) is 18.6 Å². The minimum atomic E-state index is -0.125. The number of carbonyl (C=O) groups excluding carboxylic acids is 1. The Morgan fingerprint density at radius 1 is 1.29 bits per heavy atom. The number of benzene rings is 1. The highest BCUT2D eigenvalue weighted by Gasteiger charge is 2.37. The maximum absolute atomic E-state index is 12.0. The van der Waals surface area contributed by atoms with Crippen LogP contribution >= 0.6 is 0 Å². The highest BCUT2D eigenvalue weighted by Crippen LogP contribution is 2.28. The molecule has 1 saturated heterocycles. The maximum atomic E-state index is 12.0. The molecule has 0 amide bonds. The van der Waals surface area contributed by atoms with E-state index in [1.165, 1.54) is 18.4 Å². The number of nitrogens with one attached hydrogen (secondary N) is 1. The third-order valence-electron chi connectivity index (χ3n) is 4.30. The Hall–Kier alpha value is -1.35. The quantitative estimate of drug-likeness (QED) is 0.783. The minimum absolute atomic E-state index is 0.0884. The number of hydrogen-bond acceptors (Lipinski definition) is 3. The molecule has 1 heterocycles. The van der Waals surface area contributed by atoms with Crippen LogP contribution in [0.25, 0.3) is 0 Å². The molecule has 0 bridgehead atoms. The predicted octanol–water partition coefficient (Wildman–Crippen LogP) is 3.33. The summed E-state index contributed by atoms with van der Waals surface area (Å²) in [7, 11) is 0. The lowest BCUT2D eigenvalue weighted by atomic mass is 9.89. The smallest absolute Gasteiger partial charge is 0.323 e. The number of ether oxygens (including phenoxy) is 1. The van der Waals surface area contributed by atoms with Gasteiger partial charge in [-0.3, -0.25) is 4.79 Å². The molecule has 2 rings (SSSR count). The fourth-order valence-electron chi connectivity index (χ4n) is 3.22. The summed E-state index contributed by atoms with van der Waals surface area (Å²) in [6.07, 6.45) is 5.48. The average Bonchev–Trinajstić information content (AvgIpc) is 2.89. The van der Waals surface area contributed by atoms with Crippen LogP contribution in [0.4, 0.5) is 0 Å². The summed E-state index contributed by atoms with van der Waals surface area (Å²) in [5.74, 6) is 0.433. The summed E-state index contributed by atoms with van der Waals surface area (Å²) in [5.41, 5.74) is 1.36. The Balaban J connectivity index is 1.99. The second-order valence-corrected chi connectivity index (χ2v) is 5.91. The maximum Gasteiger partial charge on any atom is 0.323 e. The van der Waals surface area contributed by atoms with Gasteiger partial charge in [0.25, 0.3) is 0 Å². The Bertz CT molecular complexity index is 432. The number of carbonyl (C=O) groups is 1. The summed E-state index contributed by atoms with van der Waals surface area (Å²) in [4.78, 5) is 12.0. The second-order valence-electron chi connectivity index (χ2n) is 5.91. The van der Waals surface area contributed by atoms with Gasteiger partial charge in [-0.2, -0.15) is 0 Å². The first kappa shape index (κ1) is 16.0. The van der Waals surface area contributed by atoms with Crippen LogP contribution in [0, 0.1) is 5.92 Å². The SMILES string of the molecule is CCCC[C@H]1N[C@H](C(=O)OCC)C[C@H]1Cc1ccccc1. The number of hydrogen-bond donors (Lipinski definition) is 1. The van der Waals surface area contributed by atoms with E-state index in [2.05, 4.69) is 36.5 Å². The lowest BCUT2D eigenvalue weighted by Gasteiger charge is -2.19. The molecule has 0 unspecified atom stereocenters. The summed E-state index contributed by atoms with van der Waals surface area (Å²) in [6.45, 7) is 4.53. The number of rotatable bonds is 7. The van der Waals surface area contributed by atoms with Crippen LogP contribution in [0.3, 0.4) is 0 Å². The molecule has 116 valence electrons. The average molecular weight is 289 g/mol. The lowest BCUT2D eigenvalue weighted by Crippen LogP contribution is -2.37. The van der Waals surface area contributed by atoms with Crippen molar-refractivity contribution in [1.82, 2.24) is 5.32 Å². The zero-order valence-corrected chi connectivity index (χ0v) is 13.2. The van der Waals surface area contributed by atoms with E-state index in [9.17, 15) is 4.79 Å². The predicted molar refractivity (Wildman–Crippen MR) is 85.1 cm³/mol. The van der Waals surface area contributed by atoms with Crippen LogP contribution in [0.5, 0.6) is 0 Å². The third kappa shape index (κ3) is 4.57. The van der Waals surface area contributed by atoms with E-state index in [1.54, 1.807) is 0 Å². The zero-order valence-electron chi connectivity index (χ0n) is 13.2. The highest BCUT2D eigenvalue weighted by molar-refractivity contribution is 5.76. The van der Waals surface area contributed by atoms with Crippen molar-refractivity contribution in [2.24, 2.45) is 5.92 Å². The Morgan fingerprint density at radius 3 is 2.71 bits per heavy atom. The van der Waals surface area contributed by atoms with Gasteiger partial charge in [0.1, 0.15) is 6.04 Å². The molecule has 21 heavy (non-hydrogen) atoms. The molecule has 1 aliphatic heterocycles. The number of esters is 1. The molecular formula is C18H27NO2. The van der Waals surface area contributed by atoms with Gasteiger partial charge in [0.15, 0.2) is 0 Å². The highest BCUT2D eigenvalue weighted by atomic mass is 16.5. The van der Waals surface area contributed by atoms with Crippen molar-refractivity contribution < 1.29 is 9.53 Å². The first-order valence-electron chi connectivity index (χ1n) is 8.21. The zero-order chi connectivity index (χ0) is 15.1. The van der Waals surface area contributed by atoms with Gasteiger partial charge in [-0.1, -0.05) is 50.1 Å². The fraction of sp³-hybridized carbons (Fsp3) is 0.611. The summed E-state index contributed by atoms with van der Waals surface area (Å²) in [6, 6.07) is 10.9. The normalized spacial score (nSPS) is 25.0. The molecule has 1 fully saturated rings. The molecule has 3 heteroatoms. The van der Waals surface area contributed by atoms with Gasteiger partial charge in [0.2, 0.25) is 0 Å². The molecule has 0 saturated carbocycles. The van der Waals surface area contributed by atoms with Gasteiger partial charge in [0, 0.05) is 6.04 Å². The van der Waals surface area contributed by atoms with E-state index < -0.39 is 0 Å². The monoisotopic (exact) mass is 289 g/mol. The van der Waals surface area contributed by atoms with E-state index in [0.717, 1.165) is 19.3 Å². The first-order chi connectivity index (χ1) is 10.2. The van der Waals surface area contributed by atoms with Crippen molar-refractivity contribution in [3.05, 3.63) is 35.9 Å². The van der Waals surface area contributed by atoms with Crippen LogP contribution in [0.2, 0.25) is 0 Å². The van der Waals surface area contributed by atoms with Crippen molar-refractivity contribution in [3.8, 4) is 0 Å². The summed E-state index contributed by atoms with van der Waals surface area (Å²) >= 11 is 0. The third-order valence-corrected chi connectivity index (χ3v) is 4.30. The largest absolute Gasteiger partial charge is 0.465 e. The van der Waals surface area contributed by atoms with Crippen molar-refractivity contribution in [1.29, 1.82) is 0 Å². The molecule has 1 aromatic rings. The van der Waals surface area contributed by atoms with Crippen LogP contribution in [-0.2, 0) is 16.0 Å². The van der Waals surface area contributed by atoms with Gasteiger partial charge in [0.05, 0.1) is 6.61 Å². The molecule has 3 nitrogen and oxygen atoms in total. The van der Waals surface area contributed by atoms with Gasteiger partial charge in [-0.25, -0.2) is 0 Å². The summed E-state index contributed by atoms with van der Waals surface area (Å²) < 4.78 is 5.18. The summed E-state index contributed by atoms with van der Waals surface area (Å²) in [5, 5.41) is 3.51. The lowest BCUT2D eigenvalue weighted by molar-refractivity contribution is -0.145. The molecule has 1 N–H and O–H groups in total. The topological polar surface area (TPSA) is 38.3 Å². The van der Waals surface area contributed by atoms with Gasteiger partial charge in [-0.15, -0.1) is 0 Å². The van der Waals surface area contributed by atoms with Gasteiger partial charge >= 0.3 is 5.97 Å². The first-order valence-corrected chi connectivity index (χ1v) is 8.21. The molecule has 1 aromatic carbocycles. The van der Waals surface area contributed by atoms with E-state index in [1.807, 2.05) is 13.0 Å². The molecule has 1 aliphatic rings. The molecule has 0 radical (unpaired) electrons. The molecule has 0 aromatic heterocycles. The molecular weight excluding hydrogens is 262 g/mol. The number of unbranched alkanes of at least 4 members (excludes halogenated alkanes) is 1. The Kier molecular flexibility index (Phi) is 6.24.